The van der Waals surface area contributed by atoms with E-state index < -0.39 is 15.9 Å². The quantitative estimate of drug-likeness (QED) is 0.639. The zero-order valence-electron chi connectivity index (χ0n) is 16.1. The molecule has 0 aliphatic carbocycles. The van der Waals surface area contributed by atoms with Crippen molar-refractivity contribution in [3.63, 3.8) is 0 Å². The molecule has 4 rings (SSSR count). The van der Waals surface area contributed by atoms with E-state index in [9.17, 15) is 13.2 Å². The van der Waals surface area contributed by atoms with Gasteiger partial charge in [0.15, 0.2) is 5.76 Å². The van der Waals surface area contributed by atoms with Crippen LogP contribution in [0.25, 0.3) is 10.9 Å². The van der Waals surface area contributed by atoms with Crippen molar-refractivity contribution >= 4 is 26.8 Å². The van der Waals surface area contributed by atoms with Gasteiger partial charge in [-0.25, -0.2) is 8.42 Å². The van der Waals surface area contributed by atoms with E-state index in [4.69, 9.17) is 9.15 Å². The summed E-state index contributed by atoms with van der Waals surface area (Å²) in [4.78, 5) is 15.7. The zero-order chi connectivity index (χ0) is 20.4. The highest BCUT2D eigenvalue weighted by atomic mass is 32.2. The maximum Gasteiger partial charge on any atom is 0.287 e. The van der Waals surface area contributed by atoms with Crippen LogP contribution in [0.5, 0.6) is 0 Å². The fourth-order valence-electron chi connectivity index (χ4n) is 3.54. The Morgan fingerprint density at radius 1 is 1.17 bits per heavy atom. The number of rotatable bonds is 6. The van der Waals surface area contributed by atoms with E-state index in [2.05, 4.69) is 10.3 Å². The van der Waals surface area contributed by atoms with Gasteiger partial charge in [0.1, 0.15) is 0 Å². The molecule has 2 aromatic heterocycles. The molecular formula is C20H23N3O5S. The van der Waals surface area contributed by atoms with E-state index in [0.717, 1.165) is 22.2 Å². The molecule has 1 aromatic carbocycles. The number of hydrogen-bond donors (Lipinski definition) is 2. The summed E-state index contributed by atoms with van der Waals surface area (Å²) in [7, 11) is -3.76. The fourth-order valence-corrected chi connectivity index (χ4v) is 4.86. The number of sulfonamides is 1. The molecule has 9 heteroatoms. The monoisotopic (exact) mass is 417 g/mol. The predicted molar refractivity (Wildman–Crippen MR) is 107 cm³/mol. The van der Waals surface area contributed by atoms with Crippen molar-refractivity contribution < 1.29 is 22.4 Å². The molecule has 154 valence electrons. The van der Waals surface area contributed by atoms with Crippen molar-refractivity contribution in [3.8, 4) is 0 Å². The minimum absolute atomic E-state index is 0.0208. The van der Waals surface area contributed by atoms with Crippen LogP contribution in [0.3, 0.4) is 0 Å². The smallest absolute Gasteiger partial charge is 0.287 e. The van der Waals surface area contributed by atoms with Crippen LogP contribution in [-0.2, 0) is 21.2 Å². The highest BCUT2D eigenvalue weighted by Crippen LogP contribution is 2.22. The Hall–Kier alpha value is -2.62. The van der Waals surface area contributed by atoms with Gasteiger partial charge in [0, 0.05) is 36.2 Å². The number of hydrogen-bond acceptors (Lipinski definition) is 5. The molecule has 0 radical (unpaired) electrons. The fraction of sp³-hybridized carbons (Fsp3) is 0.350. The SMILES string of the molecule is Cc1[nH]c2ccccc2c1CCNC(=O)c1ccc(S(=O)(=O)N2CCOCC2)o1. The lowest BCUT2D eigenvalue weighted by molar-refractivity contribution is 0.0722. The number of aromatic nitrogens is 1. The van der Waals surface area contributed by atoms with E-state index in [1.54, 1.807) is 0 Å². The van der Waals surface area contributed by atoms with Crippen LogP contribution in [-0.4, -0.2) is 56.5 Å². The molecule has 0 spiro atoms. The first kappa shape index (κ1) is 19.7. The van der Waals surface area contributed by atoms with Crippen LogP contribution in [0.15, 0.2) is 45.9 Å². The molecule has 2 N–H and O–H groups in total. The maximum atomic E-state index is 12.6. The van der Waals surface area contributed by atoms with Gasteiger partial charge in [-0.05, 0) is 37.1 Å². The zero-order valence-corrected chi connectivity index (χ0v) is 16.9. The lowest BCUT2D eigenvalue weighted by atomic mass is 10.1. The summed E-state index contributed by atoms with van der Waals surface area (Å²) in [6.45, 7) is 3.66. The van der Waals surface area contributed by atoms with E-state index in [0.29, 0.717) is 26.2 Å². The van der Waals surface area contributed by atoms with Crippen LogP contribution in [0.4, 0.5) is 0 Å². The number of aryl methyl sites for hydroxylation is 1. The van der Waals surface area contributed by atoms with Gasteiger partial charge in [-0.1, -0.05) is 18.2 Å². The first-order valence-electron chi connectivity index (χ1n) is 9.49. The lowest BCUT2D eigenvalue weighted by Gasteiger charge is -2.24. The molecule has 0 unspecified atom stereocenters. The highest BCUT2D eigenvalue weighted by molar-refractivity contribution is 7.89. The first-order chi connectivity index (χ1) is 14.0. The second-order valence-electron chi connectivity index (χ2n) is 6.92. The lowest BCUT2D eigenvalue weighted by Crippen LogP contribution is -2.40. The number of nitrogens with one attached hydrogen (secondary N) is 2. The number of furan rings is 1. The number of benzene rings is 1. The average Bonchev–Trinajstić information content (AvgIpc) is 3.34. The summed E-state index contributed by atoms with van der Waals surface area (Å²) in [6, 6.07) is 10.7. The van der Waals surface area contributed by atoms with Crippen LogP contribution in [0.2, 0.25) is 0 Å². The van der Waals surface area contributed by atoms with Crippen molar-refractivity contribution in [2.45, 2.75) is 18.4 Å². The molecule has 1 aliphatic heterocycles. The Morgan fingerprint density at radius 2 is 1.93 bits per heavy atom. The Bertz CT molecular complexity index is 1130. The van der Waals surface area contributed by atoms with Crippen molar-refractivity contribution in [2.24, 2.45) is 0 Å². The van der Waals surface area contributed by atoms with Crippen molar-refractivity contribution in [1.82, 2.24) is 14.6 Å². The van der Waals surface area contributed by atoms with Gasteiger partial charge in [0.25, 0.3) is 15.9 Å². The standard InChI is InChI=1S/C20H23N3O5S/c1-14-15(16-4-2-3-5-17(16)22-14)8-9-21-20(24)18-6-7-19(28-18)29(25,26)23-10-12-27-13-11-23/h2-7,22H,8-13H2,1H3,(H,21,24). The molecule has 1 fully saturated rings. The van der Waals surface area contributed by atoms with Crippen molar-refractivity contribution in [2.75, 3.05) is 32.8 Å². The van der Waals surface area contributed by atoms with E-state index in [1.165, 1.54) is 16.4 Å². The molecule has 8 nitrogen and oxygen atoms in total. The van der Waals surface area contributed by atoms with Crippen LogP contribution in [0.1, 0.15) is 21.8 Å². The third kappa shape index (κ3) is 3.93. The Kier molecular flexibility index (Phi) is 5.44. The molecule has 0 atom stereocenters. The predicted octanol–water partition coefficient (Wildman–Crippen LogP) is 2.06. The van der Waals surface area contributed by atoms with Crippen molar-refractivity contribution in [1.29, 1.82) is 0 Å². The molecule has 0 saturated carbocycles. The number of H-pyrrole nitrogens is 1. The number of morpholine rings is 1. The van der Waals surface area contributed by atoms with Gasteiger partial charge in [-0.3, -0.25) is 4.79 Å². The van der Waals surface area contributed by atoms with Crippen LogP contribution in [0, 0.1) is 6.92 Å². The summed E-state index contributed by atoms with van der Waals surface area (Å²) in [5, 5.41) is 3.71. The number of para-hydroxylation sites is 1. The Morgan fingerprint density at radius 3 is 2.72 bits per heavy atom. The molecule has 1 saturated heterocycles. The summed E-state index contributed by atoms with van der Waals surface area (Å²) < 4.78 is 37.0. The summed E-state index contributed by atoms with van der Waals surface area (Å²) in [6.07, 6.45) is 0.654. The van der Waals surface area contributed by atoms with E-state index >= 15 is 0 Å². The van der Waals surface area contributed by atoms with Crippen LogP contribution < -0.4 is 5.32 Å². The number of carbonyl (C=O) groups is 1. The first-order valence-corrected chi connectivity index (χ1v) is 10.9. The number of amides is 1. The number of ether oxygens (including phenoxy) is 1. The molecule has 1 aliphatic rings. The third-order valence-corrected chi connectivity index (χ3v) is 6.83. The average molecular weight is 417 g/mol. The molecule has 3 heterocycles. The largest absolute Gasteiger partial charge is 0.438 e. The topological polar surface area (TPSA) is 105 Å². The number of nitrogens with zero attached hydrogens (tertiary/aromatic N) is 1. The van der Waals surface area contributed by atoms with Gasteiger partial charge < -0.3 is 19.5 Å². The van der Waals surface area contributed by atoms with Gasteiger partial charge in [0.2, 0.25) is 5.09 Å². The van der Waals surface area contributed by atoms with E-state index in [-0.39, 0.29) is 23.9 Å². The third-order valence-electron chi connectivity index (χ3n) is 5.06. The number of carbonyl (C=O) groups excluding carboxylic acids is 1. The minimum atomic E-state index is -3.76. The summed E-state index contributed by atoms with van der Waals surface area (Å²) in [5.74, 6) is -0.460. The molecular weight excluding hydrogens is 394 g/mol. The van der Waals surface area contributed by atoms with Crippen molar-refractivity contribution in [3.05, 3.63) is 53.4 Å². The van der Waals surface area contributed by atoms with E-state index in [1.807, 2.05) is 31.2 Å². The second-order valence-corrected chi connectivity index (χ2v) is 8.78. The number of aromatic amines is 1. The second kappa shape index (κ2) is 8.02. The van der Waals surface area contributed by atoms with Crippen LogP contribution >= 0.6 is 0 Å². The Balaban J connectivity index is 1.40. The number of fused-ring (bicyclic) bond motifs is 1. The highest BCUT2D eigenvalue weighted by Gasteiger charge is 2.30. The molecule has 29 heavy (non-hydrogen) atoms. The maximum absolute atomic E-state index is 12.6. The molecule has 3 aromatic rings. The Labute approximate surface area is 168 Å². The minimum Gasteiger partial charge on any atom is -0.438 e. The molecule has 0 bridgehead atoms. The summed E-state index contributed by atoms with van der Waals surface area (Å²) >= 11 is 0. The normalized spacial score (nSPS) is 15.6. The summed E-state index contributed by atoms with van der Waals surface area (Å²) in [5.41, 5.74) is 3.28. The van der Waals surface area contributed by atoms with Gasteiger partial charge >= 0.3 is 0 Å². The molecule has 1 amide bonds. The van der Waals surface area contributed by atoms with Gasteiger partial charge in [-0.2, -0.15) is 4.31 Å². The van der Waals surface area contributed by atoms with Gasteiger partial charge in [-0.15, -0.1) is 0 Å². The van der Waals surface area contributed by atoms with Gasteiger partial charge in [0.05, 0.1) is 13.2 Å².